The second kappa shape index (κ2) is 5.83. The molecule has 0 aliphatic carbocycles. The number of nitrogens with zero attached hydrogens (tertiary/aromatic N) is 2. The first-order valence-corrected chi connectivity index (χ1v) is 5.68. The van der Waals surface area contributed by atoms with Gasteiger partial charge in [-0.3, -0.25) is 0 Å². The number of halogens is 3. The molecule has 1 aromatic carbocycles. The summed E-state index contributed by atoms with van der Waals surface area (Å²) in [5, 5.41) is 6.66. The van der Waals surface area contributed by atoms with E-state index in [0.29, 0.717) is 30.9 Å². The van der Waals surface area contributed by atoms with Gasteiger partial charge in [0.05, 0.1) is 5.56 Å². The third kappa shape index (κ3) is 4.06. The first kappa shape index (κ1) is 13.5. The smallest absolute Gasteiger partial charge is 0.343 e. The normalized spacial score (nSPS) is 11.7. The molecule has 7 heteroatoms. The molecule has 0 bridgehead atoms. The number of nitrogens with one attached hydrogen (secondary N) is 1. The van der Waals surface area contributed by atoms with Crippen LogP contribution in [0.1, 0.15) is 17.0 Å². The van der Waals surface area contributed by atoms with Gasteiger partial charge in [0.25, 0.3) is 0 Å². The van der Waals surface area contributed by atoms with Crippen LogP contribution in [0.5, 0.6) is 0 Å². The fourth-order valence-corrected chi connectivity index (χ4v) is 1.59. The van der Waals surface area contributed by atoms with Crippen molar-refractivity contribution in [3.63, 3.8) is 0 Å². The molecule has 102 valence electrons. The SMILES string of the molecule is FC(F)(F)c1cccc(CNCCc2ncon2)c1. The summed E-state index contributed by atoms with van der Waals surface area (Å²) in [6, 6.07) is 5.25. The molecule has 4 nitrogen and oxygen atoms in total. The van der Waals surface area contributed by atoms with Gasteiger partial charge in [-0.15, -0.1) is 0 Å². The number of alkyl halides is 3. The summed E-state index contributed by atoms with van der Waals surface area (Å²) in [7, 11) is 0. The summed E-state index contributed by atoms with van der Waals surface area (Å²) in [6.07, 6.45) is -2.50. The minimum absolute atomic E-state index is 0.363. The Labute approximate surface area is 107 Å². The molecular formula is C12H12F3N3O. The summed E-state index contributed by atoms with van der Waals surface area (Å²) in [4.78, 5) is 3.84. The predicted octanol–water partition coefficient (Wildman–Crippen LogP) is 2.42. The Hall–Kier alpha value is -1.89. The number of hydrogen-bond acceptors (Lipinski definition) is 4. The highest BCUT2D eigenvalue weighted by Gasteiger charge is 2.30. The van der Waals surface area contributed by atoms with Crippen LogP contribution in [-0.2, 0) is 19.1 Å². The van der Waals surface area contributed by atoms with Crippen molar-refractivity contribution in [1.29, 1.82) is 0 Å². The van der Waals surface area contributed by atoms with Crippen molar-refractivity contribution < 1.29 is 17.7 Å². The molecule has 0 amide bonds. The van der Waals surface area contributed by atoms with Gasteiger partial charge in [-0.1, -0.05) is 23.4 Å². The summed E-state index contributed by atoms with van der Waals surface area (Å²) in [6.45, 7) is 0.928. The third-order valence-electron chi connectivity index (χ3n) is 2.52. The summed E-state index contributed by atoms with van der Waals surface area (Å²) < 4.78 is 42.1. The molecule has 0 aliphatic heterocycles. The Morgan fingerprint density at radius 1 is 1.26 bits per heavy atom. The van der Waals surface area contributed by atoms with Crippen LogP contribution in [0.15, 0.2) is 35.2 Å². The van der Waals surface area contributed by atoms with Crippen molar-refractivity contribution in [3.05, 3.63) is 47.6 Å². The van der Waals surface area contributed by atoms with Crippen molar-refractivity contribution in [2.45, 2.75) is 19.1 Å². The van der Waals surface area contributed by atoms with Crippen LogP contribution in [0.3, 0.4) is 0 Å². The van der Waals surface area contributed by atoms with Crippen LogP contribution in [0, 0.1) is 0 Å². The van der Waals surface area contributed by atoms with Crippen LogP contribution in [0.4, 0.5) is 13.2 Å². The van der Waals surface area contributed by atoms with Gasteiger partial charge in [-0.25, -0.2) is 0 Å². The molecule has 19 heavy (non-hydrogen) atoms. The fourth-order valence-electron chi connectivity index (χ4n) is 1.59. The molecule has 0 saturated carbocycles. The highest BCUT2D eigenvalue weighted by molar-refractivity contribution is 5.25. The van der Waals surface area contributed by atoms with Crippen LogP contribution >= 0.6 is 0 Å². The van der Waals surface area contributed by atoms with E-state index in [1.54, 1.807) is 6.07 Å². The molecule has 0 fully saturated rings. The van der Waals surface area contributed by atoms with Crippen molar-refractivity contribution in [2.75, 3.05) is 6.54 Å². The zero-order valence-corrected chi connectivity index (χ0v) is 9.94. The maximum absolute atomic E-state index is 12.5. The lowest BCUT2D eigenvalue weighted by Gasteiger charge is -2.09. The van der Waals surface area contributed by atoms with Gasteiger partial charge >= 0.3 is 6.18 Å². The van der Waals surface area contributed by atoms with Crippen LogP contribution in [-0.4, -0.2) is 16.7 Å². The minimum atomic E-state index is -4.30. The predicted molar refractivity (Wildman–Crippen MR) is 61.2 cm³/mol. The Morgan fingerprint density at radius 2 is 2.11 bits per heavy atom. The van der Waals surface area contributed by atoms with E-state index in [4.69, 9.17) is 0 Å². The maximum atomic E-state index is 12.5. The Morgan fingerprint density at radius 3 is 2.79 bits per heavy atom. The van der Waals surface area contributed by atoms with Gasteiger partial charge in [0.15, 0.2) is 5.82 Å². The second-order valence-electron chi connectivity index (χ2n) is 3.97. The quantitative estimate of drug-likeness (QED) is 0.848. The molecule has 0 saturated heterocycles. The number of hydrogen-bond donors (Lipinski definition) is 1. The Kier molecular flexibility index (Phi) is 4.16. The molecule has 2 rings (SSSR count). The van der Waals surface area contributed by atoms with Crippen molar-refractivity contribution in [3.8, 4) is 0 Å². The highest BCUT2D eigenvalue weighted by Crippen LogP contribution is 2.29. The lowest BCUT2D eigenvalue weighted by molar-refractivity contribution is -0.137. The van der Waals surface area contributed by atoms with E-state index < -0.39 is 11.7 Å². The minimum Gasteiger partial charge on any atom is -0.343 e. The van der Waals surface area contributed by atoms with Crippen molar-refractivity contribution >= 4 is 0 Å². The van der Waals surface area contributed by atoms with E-state index in [-0.39, 0.29) is 0 Å². The van der Waals surface area contributed by atoms with E-state index in [9.17, 15) is 13.2 Å². The zero-order chi connectivity index (χ0) is 13.7. The van der Waals surface area contributed by atoms with Gasteiger partial charge < -0.3 is 9.84 Å². The molecule has 2 aromatic rings. The first-order valence-electron chi connectivity index (χ1n) is 5.68. The molecule has 0 unspecified atom stereocenters. The van der Waals surface area contributed by atoms with E-state index >= 15 is 0 Å². The topological polar surface area (TPSA) is 51.0 Å². The maximum Gasteiger partial charge on any atom is 0.416 e. The molecule has 0 spiro atoms. The lowest BCUT2D eigenvalue weighted by Crippen LogP contribution is -2.17. The van der Waals surface area contributed by atoms with Crippen LogP contribution in [0.25, 0.3) is 0 Å². The third-order valence-corrected chi connectivity index (χ3v) is 2.52. The van der Waals surface area contributed by atoms with Gasteiger partial charge in [-0.2, -0.15) is 18.2 Å². The summed E-state index contributed by atoms with van der Waals surface area (Å²) >= 11 is 0. The van der Waals surface area contributed by atoms with E-state index in [1.165, 1.54) is 12.5 Å². The zero-order valence-electron chi connectivity index (χ0n) is 9.94. The molecule has 1 aromatic heterocycles. The van der Waals surface area contributed by atoms with Crippen LogP contribution < -0.4 is 5.32 Å². The number of rotatable bonds is 5. The molecule has 1 heterocycles. The molecule has 0 radical (unpaired) electrons. The van der Waals surface area contributed by atoms with E-state index in [1.807, 2.05) is 0 Å². The van der Waals surface area contributed by atoms with Crippen molar-refractivity contribution in [2.24, 2.45) is 0 Å². The summed E-state index contributed by atoms with van der Waals surface area (Å²) in [5.41, 5.74) is -0.0482. The molecular weight excluding hydrogens is 259 g/mol. The molecule has 0 aliphatic rings. The van der Waals surface area contributed by atoms with Crippen molar-refractivity contribution in [1.82, 2.24) is 15.5 Å². The molecule has 1 N–H and O–H groups in total. The largest absolute Gasteiger partial charge is 0.416 e. The van der Waals surface area contributed by atoms with Gasteiger partial charge in [0.2, 0.25) is 6.39 Å². The Bertz CT molecular complexity index is 511. The first-order chi connectivity index (χ1) is 9.05. The number of aromatic nitrogens is 2. The average Bonchev–Trinajstić information content (AvgIpc) is 2.87. The second-order valence-corrected chi connectivity index (χ2v) is 3.97. The van der Waals surface area contributed by atoms with Gasteiger partial charge in [0.1, 0.15) is 0 Å². The lowest BCUT2D eigenvalue weighted by atomic mass is 10.1. The number of benzene rings is 1. The van der Waals surface area contributed by atoms with E-state index in [2.05, 4.69) is 20.0 Å². The van der Waals surface area contributed by atoms with Crippen LogP contribution in [0.2, 0.25) is 0 Å². The van der Waals surface area contributed by atoms with Gasteiger partial charge in [0, 0.05) is 19.5 Å². The standard InChI is InChI=1S/C12H12F3N3O/c13-12(14,15)10-3-1-2-9(6-10)7-16-5-4-11-17-8-19-18-11/h1-3,6,8,16H,4-5,7H2. The Balaban J connectivity index is 1.83. The van der Waals surface area contributed by atoms with Gasteiger partial charge in [-0.05, 0) is 11.6 Å². The monoisotopic (exact) mass is 271 g/mol. The fraction of sp³-hybridized carbons (Fsp3) is 0.333. The van der Waals surface area contributed by atoms with E-state index in [0.717, 1.165) is 12.1 Å². The summed E-state index contributed by atoms with van der Waals surface area (Å²) in [5.74, 6) is 0.566. The molecule has 0 atom stereocenters. The highest BCUT2D eigenvalue weighted by atomic mass is 19.4. The average molecular weight is 271 g/mol.